The SMILES string of the molecule is O=C(Nc1cccc(C(=O)N2CCc3ccccc32)c1)NC1CCCC1. The Hall–Kier alpha value is -2.82. The van der Waals surface area contributed by atoms with E-state index in [0.717, 1.165) is 24.9 Å². The summed E-state index contributed by atoms with van der Waals surface area (Å²) in [6, 6.07) is 15.2. The molecular formula is C21H23N3O2. The van der Waals surface area contributed by atoms with E-state index in [0.29, 0.717) is 17.8 Å². The van der Waals surface area contributed by atoms with E-state index in [-0.39, 0.29) is 18.0 Å². The van der Waals surface area contributed by atoms with Crippen molar-refractivity contribution in [1.82, 2.24) is 5.32 Å². The van der Waals surface area contributed by atoms with Gasteiger partial charge in [-0.25, -0.2) is 4.79 Å². The fourth-order valence-electron chi connectivity index (χ4n) is 3.86. The number of para-hydroxylation sites is 1. The van der Waals surface area contributed by atoms with Crippen LogP contribution in [0.3, 0.4) is 0 Å². The predicted octanol–water partition coefficient (Wildman–Crippen LogP) is 3.95. The first-order valence-corrected chi connectivity index (χ1v) is 9.28. The van der Waals surface area contributed by atoms with Gasteiger partial charge in [0.15, 0.2) is 0 Å². The van der Waals surface area contributed by atoms with E-state index < -0.39 is 0 Å². The lowest BCUT2D eigenvalue weighted by Crippen LogP contribution is -2.36. The van der Waals surface area contributed by atoms with Gasteiger partial charge in [0, 0.05) is 29.5 Å². The Morgan fingerprint density at radius 3 is 2.65 bits per heavy atom. The molecule has 1 aliphatic heterocycles. The molecule has 0 atom stereocenters. The molecule has 0 bridgehead atoms. The zero-order chi connectivity index (χ0) is 17.9. The Morgan fingerprint density at radius 1 is 1.00 bits per heavy atom. The minimum Gasteiger partial charge on any atom is -0.335 e. The first-order valence-electron chi connectivity index (χ1n) is 9.28. The van der Waals surface area contributed by atoms with E-state index in [2.05, 4.69) is 16.7 Å². The van der Waals surface area contributed by atoms with E-state index in [9.17, 15) is 9.59 Å². The number of hydrogen-bond acceptors (Lipinski definition) is 2. The average molecular weight is 349 g/mol. The van der Waals surface area contributed by atoms with Crippen molar-refractivity contribution in [3.63, 3.8) is 0 Å². The van der Waals surface area contributed by atoms with Crippen LogP contribution in [-0.4, -0.2) is 24.5 Å². The molecule has 0 unspecified atom stereocenters. The molecule has 26 heavy (non-hydrogen) atoms. The Morgan fingerprint density at radius 2 is 1.81 bits per heavy atom. The molecule has 0 spiro atoms. The van der Waals surface area contributed by atoms with Gasteiger partial charge in [-0.05, 0) is 49.1 Å². The van der Waals surface area contributed by atoms with Crippen molar-refractivity contribution >= 4 is 23.3 Å². The summed E-state index contributed by atoms with van der Waals surface area (Å²) in [5.74, 6) is -0.0326. The van der Waals surface area contributed by atoms with E-state index in [1.165, 1.54) is 18.4 Å². The van der Waals surface area contributed by atoms with Crippen LogP contribution in [0, 0.1) is 0 Å². The van der Waals surface area contributed by atoms with Gasteiger partial charge in [0.2, 0.25) is 0 Å². The summed E-state index contributed by atoms with van der Waals surface area (Å²) in [5.41, 5.74) is 3.40. The number of benzene rings is 2. The van der Waals surface area contributed by atoms with Gasteiger partial charge < -0.3 is 15.5 Å². The summed E-state index contributed by atoms with van der Waals surface area (Å²) < 4.78 is 0. The molecule has 2 aromatic rings. The molecule has 2 aromatic carbocycles. The molecule has 3 amide bonds. The van der Waals surface area contributed by atoms with Crippen LogP contribution in [-0.2, 0) is 6.42 Å². The summed E-state index contributed by atoms with van der Waals surface area (Å²) in [6.07, 6.45) is 5.31. The third-order valence-corrected chi connectivity index (χ3v) is 5.19. The first kappa shape index (κ1) is 16.6. The molecule has 0 aromatic heterocycles. The fraction of sp³-hybridized carbons (Fsp3) is 0.333. The molecule has 0 radical (unpaired) electrons. The average Bonchev–Trinajstić information content (AvgIpc) is 3.30. The van der Waals surface area contributed by atoms with E-state index in [4.69, 9.17) is 0 Å². The number of fused-ring (bicyclic) bond motifs is 1. The topological polar surface area (TPSA) is 61.4 Å². The summed E-state index contributed by atoms with van der Waals surface area (Å²) in [5, 5.41) is 5.85. The van der Waals surface area contributed by atoms with Crippen LogP contribution < -0.4 is 15.5 Å². The van der Waals surface area contributed by atoms with Crippen molar-refractivity contribution in [2.24, 2.45) is 0 Å². The van der Waals surface area contributed by atoms with Crippen molar-refractivity contribution in [3.05, 3.63) is 59.7 Å². The van der Waals surface area contributed by atoms with Gasteiger partial charge in [0.05, 0.1) is 0 Å². The van der Waals surface area contributed by atoms with Crippen LogP contribution in [0.5, 0.6) is 0 Å². The number of anilines is 2. The van der Waals surface area contributed by atoms with Crippen molar-refractivity contribution in [3.8, 4) is 0 Å². The maximum atomic E-state index is 12.9. The Kier molecular flexibility index (Phi) is 4.61. The first-order chi connectivity index (χ1) is 12.7. The fourth-order valence-corrected chi connectivity index (χ4v) is 3.86. The molecular weight excluding hydrogens is 326 g/mol. The van der Waals surface area contributed by atoms with Gasteiger partial charge >= 0.3 is 6.03 Å². The Labute approximate surface area is 153 Å². The van der Waals surface area contributed by atoms with E-state index in [1.54, 1.807) is 18.2 Å². The standard InChI is InChI=1S/C21H23N3O2/c25-20(24-13-12-15-6-1-4-11-19(15)24)16-7-5-10-18(14-16)23-21(26)22-17-8-2-3-9-17/h1,4-7,10-11,14,17H,2-3,8-9,12-13H2,(H2,22,23,26). The van der Waals surface area contributed by atoms with Crippen molar-refractivity contribution in [2.45, 2.75) is 38.1 Å². The largest absolute Gasteiger partial charge is 0.335 e. The van der Waals surface area contributed by atoms with Crippen molar-refractivity contribution in [2.75, 3.05) is 16.8 Å². The zero-order valence-corrected chi connectivity index (χ0v) is 14.7. The van der Waals surface area contributed by atoms with Crippen LogP contribution in [0.15, 0.2) is 48.5 Å². The monoisotopic (exact) mass is 349 g/mol. The minimum absolute atomic E-state index is 0.0326. The highest BCUT2D eigenvalue weighted by Crippen LogP contribution is 2.29. The summed E-state index contributed by atoms with van der Waals surface area (Å²) in [7, 11) is 0. The van der Waals surface area contributed by atoms with Gasteiger partial charge in [-0.15, -0.1) is 0 Å². The van der Waals surface area contributed by atoms with Crippen LogP contribution in [0.4, 0.5) is 16.2 Å². The molecule has 2 aliphatic rings. The lowest BCUT2D eigenvalue weighted by atomic mass is 10.1. The molecule has 5 heteroatoms. The Balaban J connectivity index is 1.45. The van der Waals surface area contributed by atoms with Crippen LogP contribution in [0.1, 0.15) is 41.6 Å². The molecule has 0 saturated heterocycles. The number of amides is 3. The highest BCUT2D eigenvalue weighted by Gasteiger charge is 2.25. The van der Waals surface area contributed by atoms with Gasteiger partial charge in [-0.3, -0.25) is 4.79 Å². The van der Waals surface area contributed by atoms with Crippen molar-refractivity contribution in [1.29, 1.82) is 0 Å². The van der Waals surface area contributed by atoms with Crippen molar-refractivity contribution < 1.29 is 9.59 Å². The number of carbonyl (C=O) groups is 2. The maximum Gasteiger partial charge on any atom is 0.319 e. The highest BCUT2D eigenvalue weighted by atomic mass is 16.2. The van der Waals surface area contributed by atoms with Gasteiger partial charge in [-0.1, -0.05) is 37.1 Å². The minimum atomic E-state index is -0.201. The molecule has 4 rings (SSSR count). The molecule has 1 heterocycles. The summed E-state index contributed by atoms with van der Waals surface area (Å²) in [4.78, 5) is 26.9. The van der Waals surface area contributed by atoms with E-state index >= 15 is 0 Å². The third-order valence-electron chi connectivity index (χ3n) is 5.19. The number of nitrogens with one attached hydrogen (secondary N) is 2. The second kappa shape index (κ2) is 7.20. The van der Waals surface area contributed by atoms with Crippen LogP contribution in [0.2, 0.25) is 0 Å². The molecule has 1 fully saturated rings. The number of hydrogen-bond donors (Lipinski definition) is 2. The third kappa shape index (κ3) is 3.43. The molecule has 1 aliphatic carbocycles. The summed E-state index contributed by atoms with van der Waals surface area (Å²) in [6.45, 7) is 0.692. The zero-order valence-electron chi connectivity index (χ0n) is 14.7. The van der Waals surface area contributed by atoms with Gasteiger partial charge in [0.1, 0.15) is 0 Å². The molecule has 5 nitrogen and oxygen atoms in total. The van der Waals surface area contributed by atoms with E-state index in [1.807, 2.05) is 29.2 Å². The second-order valence-electron chi connectivity index (χ2n) is 7.00. The molecule has 1 saturated carbocycles. The Bertz CT molecular complexity index is 828. The second-order valence-corrected chi connectivity index (χ2v) is 7.00. The number of urea groups is 1. The molecule has 2 N–H and O–H groups in total. The van der Waals surface area contributed by atoms with Gasteiger partial charge in [0.25, 0.3) is 5.91 Å². The quantitative estimate of drug-likeness (QED) is 0.881. The van der Waals surface area contributed by atoms with Crippen LogP contribution >= 0.6 is 0 Å². The van der Waals surface area contributed by atoms with Crippen LogP contribution in [0.25, 0.3) is 0 Å². The maximum absolute atomic E-state index is 12.9. The number of nitrogens with zero attached hydrogens (tertiary/aromatic N) is 1. The number of carbonyl (C=O) groups excluding carboxylic acids is 2. The molecule has 134 valence electrons. The highest BCUT2D eigenvalue weighted by molar-refractivity contribution is 6.08. The normalized spacial score (nSPS) is 16.4. The summed E-state index contributed by atoms with van der Waals surface area (Å²) >= 11 is 0. The van der Waals surface area contributed by atoms with Gasteiger partial charge in [-0.2, -0.15) is 0 Å². The predicted molar refractivity (Wildman–Crippen MR) is 103 cm³/mol. The smallest absolute Gasteiger partial charge is 0.319 e. The lowest BCUT2D eigenvalue weighted by Gasteiger charge is -2.18. The number of rotatable bonds is 3. The lowest BCUT2D eigenvalue weighted by molar-refractivity contribution is 0.0989.